The van der Waals surface area contributed by atoms with Crippen LogP contribution >= 0.6 is 11.3 Å². The highest BCUT2D eigenvalue weighted by Crippen LogP contribution is 2.61. The second-order valence-corrected chi connectivity index (χ2v) is 10.5. The standard InChI is InChI=1S/C20H25N3O3S2/c1-21-28(25,26)16-9-7-15(8-10-16)20(18(24)23-19-22-11-12-27-19)13-17(20)14-5-3-2-4-6-14/h7-12,14,17,21H,2-6,13H2,1H3,(H,22,23,24)/t17-,20-/m0/s1. The van der Waals surface area contributed by atoms with Crippen LogP contribution in [-0.4, -0.2) is 26.4 Å². The molecule has 2 fully saturated rings. The summed E-state index contributed by atoms with van der Waals surface area (Å²) in [6, 6.07) is 6.79. The van der Waals surface area contributed by atoms with Gasteiger partial charge in [0.25, 0.3) is 0 Å². The number of nitrogens with one attached hydrogen (secondary N) is 2. The zero-order chi connectivity index (χ0) is 19.8. The Morgan fingerprint density at radius 1 is 1.18 bits per heavy atom. The number of hydrogen-bond acceptors (Lipinski definition) is 5. The lowest BCUT2D eigenvalue weighted by Crippen LogP contribution is -2.32. The SMILES string of the molecule is CNS(=O)(=O)c1ccc([C@@]2(C(=O)Nc3nccs3)C[C@H]2C2CCCCC2)cc1. The van der Waals surface area contributed by atoms with Crippen LogP contribution in [0.3, 0.4) is 0 Å². The Hall–Kier alpha value is -1.77. The summed E-state index contributed by atoms with van der Waals surface area (Å²) >= 11 is 1.41. The van der Waals surface area contributed by atoms with Crippen LogP contribution in [0.25, 0.3) is 0 Å². The van der Waals surface area contributed by atoms with E-state index in [4.69, 9.17) is 0 Å². The highest BCUT2D eigenvalue weighted by atomic mass is 32.2. The summed E-state index contributed by atoms with van der Waals surface area (Å²) < 4.78 is 26.4. The third-order valence-electron chi connectivity index (χ3n) is 6.24. The number of carbonyl (C=O) groups excluding carboxylic acids is 1. The smallest absolute Gasteiger partial charge is 0.240 e. The summed E-state index contributed by atoms with van der Waals surface area (Å²) in [6.07, 6.45) is 8.56. The largest absolute Gasteiger partial charge is 0.301 e. The Labute approximate surface area is 169 Å². The topological polar surface area (TPSA) is 88.2 Å². The Morgan fingerprint density at radius 2 is 1.89 bits per heavy atom. The van der Waals surface area contributed by atoms with Crippen molar-refractivity contribution < 1.29 is 13.2 Å². The molecule has 0 aliphatic heterocycles. The first kappa shape index (κ1) is 19.5. The predicted octanol–water partition coefficient (Wildman–Crippen LogP) is 3.53. The summed E-state index contributed by atoms with van der Waals surface area (Å²) in [5.74, 6) is 0.832. The molecule has 2 aromatic rings. The van der Waals surface area contributed by atoms with E-state index in [1.165, 1.54) is 50.5 Å². The fraction of sp³-hybridized carbons (Fsp3) is 0.500. The first-order chi connectivity index (χ1) is 13.5. The second kappa shape index (κ2) is 7.57. The van der Waals surface area contributed by atoms with Crippen molar-refractivity contribution in [1.29, 1.82) is 0 Å². The maximum Gasteiger partial charge on any atom is 0.240 e. The lowest BCUT2D eigenvalue weighted by Gasteiger charge is -2.25. The number of sulfonamides is 1. The van der Waals surface area contributed by atoms with Crippen LogP contribution in [0.1, 0.15) is 44.1 Å². The van der Waals surface area contributed by atoms with Crippen LogP contribution in [0.15, 0.2) is 40.7 Å². The summed E-state index contributed by atoms with van der Waals surface area (Å²) in [4.78, 5) is 17.7. The van der Waals surface area contributed by atoms with Crippen molar-refractivity contribution in [2.75, 3.05) is 12.4 Å². The molecule has 8 heteroatoms. The molecule has 1 heterocycles. The van der Waals surface area contributed by atoms with Gasteiger partial charge in [-0.25, -0.2) is 18.1 Å². The Kier molecular flexibility index (Phi) is 5.28. The quantitative estimate of drug-likeness (QED) is 0.750. The van der Waals surface area contributed by atoms with Gasteiger partial charge in [0, 0.05) is 11.6 Å². The van der Waals surface area contributed by atoms with Crippen LogP contribution in [-0.2, 0) is 20.2 Å². The molecule has 1 aromatic carbocycles. The molecule has 2 saturated carbocycles. The minimum Gasteiger partial charge on any atom is -0.301 e. The number of hydrogen-bond donors (Lipinski definition) is 2. The molecule has 150 valence electrons. The molecule has 2 N–H and O–H groups in total. The van der Waals surface area contributed by atoms with Crippen LogP contribution in [0, 0.1) is 11.8 Å². The molecule has 2 aliphatic carbocycles. The van der Waals surface area contributed by atoms with Gasteiger partial charge >= 0.3 is 0 Å². The maximum absolute atomic E-state index is 13.3. The van der Waals surface area contributed by atoms with Gasteiger partial charge in [0.05, 0.1) is 10.3 Å². The van der Waals surface area contributed by atoms with E-state index in [1.54, 1.807) is 30.5 Å². The van der Waals surface area contributed by atoms with Gasteiger partial charge < -0.3 is 5.32 Å². The fourth-order valence-corrected chi connectivity index (χ4v) is 5.91. The number of amides is 1. The van der Waals surface area contributed by atoms with Crippen molar-refractivity contribution in [2.24, 2.45) is 11.8 Å². The van der Waals surface area contributed by atoms with E-state index >= 15 is 0 Å². The Morgan fingerprint density at radius 3 is 2.50 bits per heavy atom. The van der Waals surface area contributed by atoms with Gasteiger partial charge in [-0.05, 0) is 43.0 Å². The molecule has 0 saturated heterocycles. The van der Waals surface area contributed by atoms with Crippen molar-refractivity contribution in [3.63, 3.8) is 0 Å². The van der Waals surface area contributed by atoms with Crippen LogP contribution in [0.2, 0.25) is 0 Å². The molecule has 0 bridgehead atoms. The third kappa shape index (κ3) is 3.49. The molecule has 2 aliphatic rings. The molecule has 4 rings (SSSR count). The first-order valence-corrected chi connectivity index (χ1v) is 12.1. The highest BCUT2D eigenvalue weighted by molar-refractivity contribution is 7.89. The number of rotatable bonds is 6. The van der Waals surface area contributed by atoms with E-state index in [-0.39, 0.29) is 10.8 Å². The van der Waals surface area contributed by atoms with E-state index < -0.39 is 15.4 Å². The van der Waals surface area contributed by atoms with Gasteiger partial charge in [-0.2, -0.15) is 0 Å². The van der Waals surface area contributed by atoms with Crippen LogP contribution < -0.4 is 10.0 Å². The third-order valence-corrected chi connectivity index (χ3v) is 8.36. The zero-order valence-electron chi connectivity index (χ0n) is 15.8. The minimum absolute atomic E-state index is 0.0257. The monoisotopic (exact) mass is 419 g/mol. The summed E-state index contributed by atoms with van der Waals surface area (Å²) in [5, 5.41) is 5.43. The summed E-state index contributed by atoms with van der Waals surface area (Å²) in [6.45, 7) is 0. The first-order valence-electron chi connectivity index (χ1n) is 9.72. The number of thiazole rings is 1. The number of nitrogens with zero attached hydrogens (tertiary/aromatic N) is 1. The van der Waals surface area contributed by atoms with Crippen molar-refractivity contribution in [3.8, 4) is 0 Å². The second-order valence-electron chi connectivity index (χ2n) is 7.70. The summed E-state index contributed by atoms with van der Waals surface area (Å²) in [5.41, 5.74) is 0.308. The van der Waals surface area contributed by atoms with Gasteiger partial charge in [-0.1, -0.05) is 44.2 Å². The van der Waals surface area contributed by atoms with E-state index in [0.29, 0.717) is 17.0 Å². The van der Waals surface area contributed by atoms with Gasteiger partial charge in [-0.15, -0.1) is 11.3 Å². The van der Waals surface area contributed by atoms with Crippen molar-refractivity contribution in [3.05, 3.63) is 41.4 Å². The van der Waals surface area contributed by atoms with E-state index in [2.05, 4.69) is 15.0 Å². The average molecular weight is 420 g/mol. The number of aromatic nitrogens is 1. The molecule has 1 aromatic heterocycles. The van der Waals surface area contributed by atoms with Gasteiger partial charge in [0.2, 0.25) is 15.9 Å². The molecule has 0 spiro atoms. The summed E-state index contributed by atoms with van der Waals surface area (Å²) in [7, 11) is -2.10. The molecule has 6 nitrogen and oxygen atoms in total. The van der Waals surface area contributed by atoms with E-state index in [1.807, 2.05) is 5.38 Å². The number of benzene rings is 1. The lowest BCUT2D eigenvalue weighted by molar-refractivity contribution is -0.119. The molecule has 0 unspecified atom stereocenters. The van der Waals surface area contributed by atoms with Crippen molar-refractivity contribution >= 4 is 32.4 Å². The maximum atomic E-state index is 13.3. The zero-order valence-corrected chi connectivity index (χ0v) is 17.5. The van der Waals surface area contributed by atoms with Gasteiger partial charge in [0.1, 0.15) is 0 Å². The predicted molar refractivity (Wildman–Crippen MR) is 110 cm³/mol. The van der Waals surface area contributed by atoms with Crippen LogP contribution in [0.5, 0.6) is 0 Å². The molecular formula is C20H25N3O3S2. The molecular weight excluding hydrogens is 394 g/mol. The highest BCUT2D eigenvalue weighted by Gasteiger charge is 2.63. The molecule has 0 radical (unpaired) electrons. The van der Waals surface area contributed by atoms with E-state index in [0.717, 1.165) is 12.0 Å². The normalized spacial score (nSPS) is 25.4. The molecule has 1 amide bonds. The number of carbonyl (C=O) groups is 1. The van der Waals surface area contributed by atoms with Crippen molar-refractivity contribution in [2.45, 2.75) is 48.8 Å². The van der Waals surface area contributed by atoms with E-state index in [9.17, 15) is 13.2 Å². The Balaban J connectivity index is 1.65. The number of anilines is 1. The van der Waals surface area contributed by atoms with Crippen LogP contribution in [0.4, 0.5) is 5.13 Å². The average Bonchev–Trinajstić information content (AvgIpc) is 3.29. The van der Waals surface area contributed by atoms with Crippen molar-refractivity contribution in [1.82, 2.24) is 9.71 Å². The minimum atomic E-state index is -3.49. The lowest BCUT2D eigenvalue weighted by atomic mass is 9.80. The van der Waals surface area contributed by atoms with Gasteiger partial charge in [-0.3, -0.25) is 4.79 Å². The fourth-order valence-electron chi connectivity index (χ4n) is 4.66. The molecule has 28 heavy (non-hydrogen) atoms. The Bertz CT molecular complexity index is 936. The van der Waals surface area contributed by atoms with Gasteiger partial charge in [0.15, 0.2) is 5.13 Å². The molecule has 2 atom stereocenters.